The zero-order chi connectivity index (χ0) is 21.4. The lowest BCUT2D eigenvalue weighted by Gasteiger charge is -2.31. The van der Waals surface area contributed by atoms with E-state index in [1.54, 1.807) is 26.0 Å². The van der Waals surface area contributed by atoms with E-state index in [0.717, 1.165) is 0 Å². The summed E-state index contributed by atoms with van der Waals surface area (Å²) >= 11 is 0. The molecule has 0 aliphatic carbocycles. The number of nitrogens with zero attached hydrogens (tertiary/aromatic N) is 2. The molecule has 3 aromatic rings. The largest absolute Gasteiger partial charge is 0.458 e. The van der Waals surface area contributed by atoms with Crippen LogP contribution >= 0.6 is 0 Å². The fourth-order valence-electron chi connectivity index (χ4n) is 4.59. The van der Waals surface area contributed by atoms with E-state index in [-0.39, 0.29) is 29.8 Å². The number of fused-ring (bicyclic) bond motifs is 5. The second kappa shape index (κ2) is 6.21. The van der Waals surface area contributed by atoms with Gasteiger partial charge in [-0.1, -0.05) is 25.1 Å². The van der Waals surface area contributed by atoms with Crippen LogP contribution in [0.15, 0.2) is 35.1 Å². The Bertz CT molecular complexity index is 1300. The van der Waals surface area contributed by atoms with Crippen LogP contribution in [-0.2, 0) is 21.7 Å². The maximum atomic E-state index is 13.3. The van der Waals surface area contributed by atoms with E-state index in [9.17, 15) is 24.9 Å². The summed E-state index contributed by atoms with van der Waals surface area (Å²) in [6, 6.07) is 8.74. The molecule has 0 spiro atoms. The van der Waals surface area contributed by atoms with Crippen molar-refractivity contribution in [3.63, 3.8) is 0 Å². The van der Waals surface area contributed by atoms with Crippen LogP contribution in [0.2, 0.25) is 0 Å². The Morgan fingerprint density at radius 2 is 2.07 bits per heavy atom. The number of aromatic nitrogens is 2. The lowest BCUT2D eigenvalue weighted by atomic mass is 9.86. The van der Waals surface area contributed by atoms with Gasteiger partial charge in [0.2, 0.25) is 0 Å². The maximum absolute atomic E-state index is 13.3. The van der Waals surface area contributed by atoms with Crippen molar-refractivity contribution in [3.8, 4) is 11.4 Å². The monoisotopic (exact) mass is 408 g/mol. The number of cyclic esters (lactones) is 1. The van der Waals surface area contributed by atoms with Gasteiger partial charge in [-0.15, -0.1) is 0 Å². The number of aliphatic hydroxyl groups excluding tert-OH is 2. The third-order valence-electron chi connectivity index (χ3n) is 6.12. The molecule has 3 N–H and O–H groups in total. The summed E-state index contributed by atoms with van der Waals surface area (Å²) in [7, 11) is 0. The minimum Gasteiger partial charge on any atom is -0.458 e. The van der Waals surface area contributed by atoms with Gasteiger partial charge < -0.3 is 20.1 Å². The fraction of sp³-hybridized carbons (Fsp3) is 0.318. The van der Waals surface area contributed by atoms with Gasteiger partial charge >= 0.3 is 5.97 Å². The molecule has 0 saturated heterocycles. The number of benzene rings is 1. The number of carbonyl (C=O) groups excluding carboxylic acids is 1. The Balaban J connectivity index is 1.90. The van der Waals surface area contributed by atoms with Crippen LogP contribution in [0.3, 0.4) is 0 Å². The topological polar surface area (TPSA) is 122 Å². The molecule has 4 heterocycles. The number of pyridine rings is 2. The zero-order valence-corrected chi connectivity index (χ0v) is 16.4. The van der Waals surface area contributed by atoms with Crippen molar-refractivity contribution in [3.05, 3.63) is 62.9 Å². The molecule has 1 aromatic carbocycles. The average molecular weight is 408 g/mol. The molecule has 8 heteroatoms. The molecule has 0 amide bonds. The third kappa shape index (κ3) is 2.23. The number of rotatable bonds is 2. The fourth-order valence-corrected chi connectivity index (χ4v) is 4.59. The quantitative estimate of drug-likeness (QED) is 0.551. The summed E-state index contributed by atoms with van der Waals surface area (Å²) in [5.74, 6) is -0.809. The predicted octanol–water partition coefficient (Wildman–Crippen LogP) is 1.62. The smallest absolute Gasteiger partial charge is 0.343 e. The molecule has 0 bridgehead atoms. The van der Waals surface area contributed by atoms with Crippen molar-refractivity contribution in [2.75, 3.05) is 0 Å². The van der Waals surface area contributed by atoms with Crippen molar-refractivity contribution in [1.82, 2.24) is 9.55 Å². The molecule has 0 radical (unpaired) electrons. The van der Waals surface area contributed by atoms with Crippen LogP contribution in [0.4, 0.5) is 0 Å². The number of hydrogen-bond acceptors (Lipinski definition) is 7. The van der Waals surface area contributed by atoms with E-state index >= 15 is 0 Å². The first-order chi connectivity index (χ1) is 14.3. The minimum atomic E-state index is -1.94. The normalized spacial score (nSPS) is 23.0. The molecule has 2 aliphatic heterocycles. The van der Waals surface area contributed by atoms with Crippen molar-refractivity contribution >= 4 is 16.9 Å². The highest BCUT2D eigenvalue weighted by atomic mass is 16.6. The molecule has 2 unspecified atom stereocenters. The molecule has 2 aliphatic rings. The first-order valence-corrected chi connectivity index (χ1v) is 9.77. The molecule has 5 rings (SSSR count). The number of hydrogen-bond donors (Lipinski definition) is 3. The van der Waals surface area contributed by atoms with Gasteiger partial charge in [-0.05, 0) is 31.0 Å². The number of para-hydroxylation sites is 1. The van der Waals surface area contributed by atoms with Crippen LogP contribution in [0.1, 0.15) is 54.9 Å². The molecule has 154 valence electrons. The maximum Gasteiger partial charge on any atom is 0.343 e. The Morgan fingerprint density at radius 1 is 1.33 bits per heavy atom. The van der Waals surface area contributed by atoms with Crippen LogP contribution < -0.4 is 5.56 Å². The van der Waals surface area contributed by atoms with Crippen LogP contribution in [0, 0.1) is 0 Å². The summed E-state index contributed by atoms with van der Waals surface area (Å²) in [5, 5.41) is 33.2. The van der Waals surface area contributed by atoms with Gasteiger partial charge in [0.05, 0.1) is 28.6 Å². The van der Waals surface area contributed by atoms with E-state index in [2.05, 4.69) is 4.98 Å². The second-order valence-corrected chi connectivity index (χ2v) is 7.74. The SMILES string of the molecule is CC[C@@]1(O)C(=O)OCc2c1cc1n(c2=O)C(O)c2c-1nc1ccccc1c2C(C)O. The van der Waals surface area contributed by atoms with Gasteiger partial charge in [0.25, 0.3) is 5.56 Å². The highest BCUT2D eigenvalue weighted by Crippen LogP contribution is 2.45. The van der Waals surface area contributed by atoms with E-state index in [4.69, 9.17) is 4.74 Å². The number of esters is 1. The van der Waals surface area contributed by atoms with E-state index < -0.39 is 29.5 Å². The number of ether oxygens (including phenoxy) is 1. The standard InChI is InChI=1S/C22H20N2O6/c1-3-22(29)13-8-15-18-17(16(10(2)25)11-6-4-5-7-14(11)23-18)20(27)24(15)19(26)12(13)9-30-21(22)28/h4-8,10,20,25,27,29H,3,9H2,1-2H3/t10?,20?,22-/m0/s1. The van der Waals surface area contributed by atoms with Crippen LogP contribution in [0.5, 0.6) is 0 Å². The molecule has 0 saturated carbocycles. The van der Waals surface area contributed by atoms with Crippen molar-refractivity contribution in [2.24, 2.45) is 0 Å². The van der Waals surface area contributed by atoms with Crippen LogP contribution in [-0.4, -0.2) is 30.8 Å². The zero-order valence-electron chi connectivity index (χ0n) is 16.4. The van der Waals surface area contributed by atoms with Gasteiger partial charge in [-0.3, -0.25) is 9.36 Å². The van der Waals surface area contributed by atoms with E-state index in [1.165, 1.54) is 10.6 Å². The molecule has 2 aromatic heterocycles. The molecular weight excluding hydrogens is 388 g/mol. The Kier molecular flexibility index (Phi) is 3.92. The van der Waals surface area contributed by atoms with Crippen molar-refractivity contribution in [1.29, 1.82) is 0 Å². The van der Waals surface area contributed by atoms with E-state index in [0.29, 0.717) is 27.7 Å². The van der Waals surface area contributed by atoms with Gasteiger partial charge in [-0.2, -0.15) is 0 Å². The van der Waals surface area contributed by atoms with Crippen LogP contribution in [0.25, 0.3) is 22.3 Å². The summed E-state index contributed by atoms with van der Waals surface area (Å²) in [6.07, 6.45) is -2.25. The number of carbonyl (C=O) groups is 1. The summed E-state index contributed by atoms with van der Waals surface area (Å²) in [4.78, 5) is 30.2. The van der Waals surface area contributed by atoms with Gasteiger partial charge in [0, 0.05) is 16.5 Å². The highest BCUT2D eigenvalue weighted by molar-refractivity contribution is 5.89. The minimum absolute atomic E-state index is 0.0290. The summed E-state index contributed by atoms with van der Waals surface area (Å²) in [6.45, 7) is 2.94. The first-order valence-electron chi connectivity index (χ1n) is 9.77. The van der Waals surface area contributed by atoms with Crippen molar-refractivity contribution < 1.29 is 24.9 Å². The van der Waals surface area contributed by atoms with Gasteiger partial charge in [0.1, 0.15) is 6.61 Å². The van der Waals surface area contributed by atoms with Gasteiger partial charge in [-0.25, -0.2) is 9.78 Å². The lowest BCUT2D eigenvalue weighted by molar-refractivity contribution is -0.172. The van der Waals surface area contributed by atoms with E-state index in [1.807, 2.05) is 12.1 Å². The lowest BCUT2D eigenvalue weighted by Crippen LogP contribution is -2.44. The second-order valence-electron chi connectivity index (χ2n) is 7.74. The van der Waals surface area contributed by atoms with Crippen molar-refractivity contribution in [2.45, 2.75) is 44.8 Å². The molecule has 0 fully saturated rings. The first kappa shape index (κ1) is 18.9. The average Bonchev–Trinajstić information content (AvgIpc) is 3.01. The van der Waals surface area contributed by atoms with Gasteiger partial charge in [0.15, 0.2) is 11.8 Å². The Labute approximate surface area is 171 Å². The highest BCUT2D eigenvalue weighted by Gasteiger charge is 2.46. The predicted molar refractivity (Wildman–Crippen MR) is 106 cm³/mol. The molecule has 8 nitrogen and oxygen atoms in total. The molecule has 30 heavy (non-hydrogen) atoms. The molecule has 3 atom stereocenters. The summed E-state index contributed by atoms with van der Waals surface area (Å²) in [5.41, 5.74) is -0.150. The Hall–Kier alpha value is -3.07. The Morgan fingerprint density at radius 3 is 2.77 bits per heavy atom. The summed E-state index contributed by atoms with van der Waals surface area (Å²) < 4.78 is 6.23. The third-order valence-corrected chi connectivity index (χ3v) is 6.12. The molecular formula is C22H20N2O6. The number of aliphatic hydroxyl groups is 3.